The summed E-state index contributed by atoms with van der Waals surface area (Å²) in [5.41, 5.74) is 1.31. The summed E-state index contributed by atoms with van der Waals surface area (Å²) >= 11 is 6.44. The van der Waals surface area contributed by atoms with E-state index < -0.39 is 0 Å². The summed E-state index contributed by atoms with van der Waals surface area (Å²) in [6.45, 7) is 8.18. The number of benzene rings is 1. The van der Waals surface area contributed by atoms with Crippen molar-refractivity contribution in [1.29, 1.82) is 0 Å². The zero-order chi connectivity index (χ0) is 17.9. The summed E-state index contributed by atoms with van der Waals surface area (Å²) in [6.07, 6.45) is 2.82. The third-order valence-electron chi connectivity index (χ3n) is 5.47. The number of halogens is 2. The fraction of sp³-hybridized carbons (Fsp3) is 0.526. The first-order chi connectivity index (χ1) is 11.9. The van der Waals surface area contributed by atoms with Crippen LogP contribution in [0.1, 0.15) is 31.9 Å². The van der Waals surface area contributed by atoms with Crippen LogP contribution in [0.3, 0.4) is 0 Å². The van der Waals surface area contributed by atoms with Crippen LogP contribution in [-0.2, 0) is 0 Å². The van der Waals surface area contributed by atoms with Crippen molar-refractivity contribution in [3.63, 3.8) is 0 Å². The highest BCUT2D eigenvalue weighted by atomic mass is 35.5. The van der Waals surface area contributed by atoms with Crippen LogP contribution in [0, 0.1) is 18.7 Å². The minimum atomic E-state index is -0.368. The van der Waals surface area contributed by atoms with Gasteiger partial charge in [0.2, 0.25) is 0 Å². The Bertz CT molecular complexity index is 910. The molecule has 1 aliphatic heterocycles. The van der Waals surface area contributed by atoms with Gasteiger partial charge in [0.1, 0.15) is 0 Å². The normalized spacial score (nSPS) is 26.3. The van der Waals surface area contributed by atoms with Gasteiger partial charge < -0.3 is 14.8 Å². The van der Waals surface area contributed by atoms with E-state index in [1.54, 1.807) is 19.2 Å². The van der Waals surface area contributed by atoms with Crippen molar-refractivity contribution in [2.75, 3.05) is 24.5 Å². The van der Waals surface area contributed by atoms with Crippen molar-refractivity contribution in [3.8, 4) is 0 Å². The second-order valence-corrected chi connectivity index (χ2v) is 7.95. The fourth-order valence-corrected chi connectivity index (χ4v) is 4.26. The van der Waals surface area contributed by atoms with Crippen LogP contribution in [-0.4, -0.2) is 30.2 Å². The van der Waals surface area contributed by atoms with Gasteiger partial charge >= 0.3 is 0 Å². The van der Waals surface area contributed by atoms with E-state index in [0.29, 0.717) is 46.2 Å². The topological polar surface area (TPSA) is 37.3 Å². The summed E-state index contributed by atoms with van der Waals surface area (Å²) in [4.78, 5) is 14.6. The highest BCUT2D eigenvalue weighted by Crippen LogP contribution is 2.45. The van der Waals surface area contributed by atoms with Crippen LogP contribution in [0.5, 0.6) is 0 Å². The molecule has 2 heterocycles. The molecule has 1 aromatic carbocycles. The molecular weight excluding hydrogens is 341 g/mol. The van der Waals surface area contributed by atoms with E-state index >= 15 is 4.39 Å². The van der Waals surface area contributed by atoms with Gasteiger partial charge in [0, 0.05) is 43.5 Å². The first kappa shape index (κ1) is 16.9. The number of hydrogen-bond donors (Lipinski definition) is 1. The lowest BCUT2D eigenvalue weighted by Crippen LogP contribution is -2.49. The minimum Gasteiger partial charge on any atom is -0.365 e. The minimum absolute atomic E-state index is 0.138. The summed E-state index contributed by atoms with van der Waals surface area (Å²) < 4.78 is 17.6. The molecule has 0 amide bonds. The number of aromatic nitrogens is 1. The number of fused-ring (bicyclic) bond motifs is 1. The maximum absolute atomic E-state index is 15.6. The quantitative estimate of drug-likeness (QED) is 0.887. The van der Waals surface area contributed by atoms with Gasteiger partial charge in [-0.1, -0.05) is 18.5 Å². The molecule has 25 heavy (non-hydrogen) atoms. The Kier molecular flexibility index (Phi) is 4.04. The standard InChI is InChI=1S/C19H23ClFN3O/c1-10-6-15(10)24-8-11(2)19(25)13-7-14(20)18(16(21)17(13)24)23-5-4-22-12(3)9-23/h7-8,10,12,15,22H,4-6,9H2,1-3H3. The third kappa shape index (κ3) is 2.74. The molecule has 134 valence electrons. The molecule has 1 aromatic heterocycles. The number of aryl methyl sites for hydroxylation is 1. The summed E-state index contributed by atoms with van der Waals surface area (Å²) in [5.74, 6) is 0.135. The van der Waals surface area contributed by atoms with Gasteiger partial charge in [0.25, 0.3) is 0 Å². The van der Waals surface area contributed by atoms with Crippen molar-refractivity contribution in [3.05, 3.63) is 38.9 Å². The van der Waals surface area contributed by atoms with Crippen LogP contribution in [0.25, 0.3) is 10.9 Å². The van der Waals surface area contributed by atoms with Gasteiger partial charge in [0.15, 0.2) is 11.2 Å². The van der Waals surface area contributed by atoms with Crippen molar-refractivity contribution in [1.82, 2.24) is 9.88 Å². The van der Waals surface area contributed by atoms with E-state index in [2.05, 4.69) is 19.2 Å². The lowest BCUT2D eigenvalue weighted by Gasteiger charge is -2.34. The Morgan fingerprint density at radius 1 is 1.36 bits per heavy atom. The van der Waals surface area contributed by atoms with Gasteiger partial charge in [-0.25, -0.2) is 4.39 Å². The maximum atomic E-state index is 15.6. The van der Waals surface area contributed by atoms with E-state index in [9.17, 15) is 4.79 Å². The molecule has 0 spiro atoms. The van der Waals surface area contributed by atoms with Gasteiger partial charge in [0.05, 0.1) is 21.6 Å². The maximum Gasteiger partial charge on any atom is 0.192 e. The molecule has 3 atom stereocenters. The second kappa shape index (κ2) is 5.99. The first-order valence-electron chi connectivity index (χ1n) is 8.90. The molecule has 1 N–H and O–H groups in total. The van der Waals surface area contributed by atoms with E-state index in [-0.39, 0.29) is 23.3 Å². The number of pyridine rings is 1. The Hall–Kier alpha value is -1.59. The van der Waals surface area contributed by atoms with E-state index in [1.165, 1.54) is 0 Å². The van der Waals surface area contributed by atoms with E-state index in [4.69, 9.17) is 11.6 Å². The lowest BCUT2D eigenvalue weighted by atomic mass is 10.1. The van der Waals surface area contributed by atoms with Crippen LogP contribution in [0.15, 0.2) is 17.1 Å². The number of rotatable bonds is 2. The van der Waals surface area contributed by atoms with Gasteiger partial charge in [-0.05, 0) is 32.3 Å². The average Bonchev–Trinajstić information content (AvgIpc) is 3.28. The van der Waals surface area contributed by atoms with Gasteiger partial charge in [-0.3, -0.25) is 4.79 Å². The molecule has 0 radical (unpaired) electrons. The molecule has 1 aliphatic carbocycles. The Labute approximate surface area is 151 Å². The molecule has 0 bridgehead atoms. The Balaban J connectivity index is 1.97. The van der Waals surface area contributed by atoms with Crippen LogP contribution in [0.4, 0.5) is 10.1 Å². The molecule has 4 rings (SSSR count). The van der Waals surface area contributed by atoms with Crippen LogP contribution in [0.2, 0.25) is 5.02 Å². The molecular formula is C19H23ClFN3O. The lowest BCUT2D eigenvalue weighted by molar-refractivity contribution is 0.479. The monoisotopic (exact) mass is 363 g/mol. The average molecular weight is 364 g/mol. The first-order valence-corrected chi connectivity index (χ1v) is 9.28. The number of piperazine rings is 1. The van der Waals surface area contributed by atoms with Gasteiger partial charge in [-0.2, -0.15) is 0 Å². The van der Waals surface area contributed by atoms with Crippen molar-refractivity contribution < 1.29 is 4.39 Å². The van der Waals surface area contributed by atoms with E-state index in [1.807, 2.05) is 9.47 Å². The van der Waals surface area contributed by atoms with E-state index in [0.717, 1.165) is 13.0 Å². The predicted molar refractivity (Wildman–Crippen MR) is 100 cm³/mol. The summed E-state index contributed by atoms with van der Waals surface area (Å²) in [5, 5.41) is 4.06. The second-order valence-electron chi connectivity index (χ2n) is 7.55. The zero-order valence-electron chi connectivity index (χ0n) is 14.8. The number of nitrogens with one attached hydrogen (secondary N) is 1. The number of hydrogen-bond acceptors (Lipinski definition) is 3. The summed E-state index contributed by atoms with van der Waals surface area (Å²) in [6, 6.07) is 2.18. The summed E-state index contributed by atoms with van der Waals surface area (Å²) in [7, 11) is 0. The van der Waals surface area contributed by atoms with Crippen LogP contribution >= 0.6 is 11.6 Å². The zero-order valence-corrected chi connectivity index (χ0v) is 15.5. The molecule has 6 heteroatoms. The van der Waals surface area contributed by atoms with Gasteiger partial charge in [-0.15, -0.1) is 0 Å². The highest BCUT2D eigenvalue weighted by molar-refractivity contribution is 6.34. The molecule has 2 fully saturated rings. The number of nitrogens with zero attached hydrogens (tertiary/aromatic N) is 2. The smallest absolute Gasteiger partial charge is 0.192 e. The fourth-order valence-electron chi connectivity index (χ4n) is 3.95. The Morgan fingerprint density at radius 2 is 2.08 bits per heavy atom. The molecule has 1 saturated carbocycles. The molecule has 4 nitrogen and oxygen atoms in total. The molecule has 2 aromatic rings. The van der Waals surface area contributed by atoms with Crippen molar-refractivity contribution >= 4 is 28.2 Å². The number of anilines is 1. The molecule has 3 unspecified atom stereocenters. The highest BCUT2D eigenvalue weighted by Gasteiger charge is 2.36. The predicted octanol–water partition coefficient (Wildman–Crippen LogP) is 3.48. The SMILES string of the molecule is Cc1cn(C2CC2C)c2c(F)c(N3CCNC(C)C3)c(Cl)cc2c1=O. The van der Waals surface area contributed by atoms with Crippen molar-refractivity contribution in [2.45, 2.75) is 39.3 Å². The Morgan fingerprint density at radius 3 is 2.72 bits per heavy atom. The third-order valence-corrected chi connectivity index (χ3v) is 5.76. The van der Waals surface area contributed by atoms with Crippen LogP contribution < -0.4 is 15.6 Å². The molecule has 1 saturated heterocycles. The van der Waals surface area contributed by atoms with Crippen molar-refractivity contribution in [2.24, 2.45) is 5.92 Å². The largest absolute Gasteiger partial charge is 0.365 e. The molecule has 2 aliphatic rings.